The summed E-state index contributed by atoms with van der Waals surface area (Å²) in [6, 6.07) is 11.1. The second kappa shape index (κ2) is 10.1. The predicted octanol–water partition coefficient (Wildman–Crippen LogP) is 4.07. The predicted molar refractivity (Wildman–Crippen MR) is 130 cm³/mol. The molecular weight excluding hydrogens is 475 g/mol. The van der Waals surface area contributed by atoms with E-state index >= 15 is 0 Å². The average Bonchev–Trinajstić information content (AvgIpc) is 3.37. The van der Waals surface area contributed by atoms with Gasteiger partial charge in [0, 0.05) is 56.2 Å². The molecule has 2 unspecified atom stereocenters. The van der Waals surface area contributed by atoms with Crippen molar-refractivity contribution in [2.24, 2.45) is 10.9 Å². The van der Waals surface area contributed by atoms with Crippen LogP contribution in [0.4, 0.5) is 0 Å². The number of hydrogen-bond acceptors (Lipinski definition) is 2. The Bertz CT molecular complexity index is 883. The largest absolute Gasteiger partial charge is 0.358 e. The number of likely N-dealkylation sites (tertiary alicyclic amines) is 1. The standard InChI is InChI=1S/C22H30N6.HI/c1-3-24-22(25-10-8-19-14-18-6-4-5-7-20(18)26-19)27-12-9-17(2)21(15-27)28-13-11-23-16-28;/h4-7,11,13-14,16-17,21,26H,3,8-10,12,15H2,1-2H3,(H,24,25);1H. The summed E-state index contributed by atoms with van der Waals surface area (Å²) in [6.07, 6.45) is 7.95. The Morgan fingerprint density at radius 2 is 2.21 bits per heavy atom. The molecule has 0 bridgehead atoms. The summed E-state index contributed by atoms with van der Waals surface area (Å²) in [5.41, 5.74) is 2.44. The van der Waals surface area contributed by atoms with Crippen LogP contribution in [0.25, 0.3) is 10.9 Å². The first-order valence-electron chi connectivity index (χ1n) is 10.3. The summed E-state index contributed by atoms with van der Waals surface area (Å²) in [5.74, 6) is 1.66. The van der Waals surface area contributed by atoms with E-state index < -0.39 is 0 Å². The molecule has 1 fully saturated rings. The van der Waals surface area contributed by atoms with Crippen LogP contribution in [0.1, 0.15) is 32.0 Å². The molecule has 1 aromatic carbocycles. The van der Waals surface area contributed by atoms with Gasteiger partial charge in [-0.05, 0) is 36.8 Å². The lowest BCUT2D eigenvalue weighted by Crippen LogP contribution is -2.49. The van der Waals surface area contributed by atoms with E-state index in [0.29, 0.717) is 12.0 Å². The number of aromatic nitrogens is 3. The number of para-hydroxylation sites is 1. The van der Waals surface area contributed by atoms with Crippen LogP contribution in [0.2, 0.25) is 0 Å². The summed E-state index contributed by atoms with van der Waals surface area (Å²) in [5, 5.41) is 4.75. The topological polar surface area (TPSA) is 61.2 Å². The Morgan fingerprint density at radius 1 is 1.34 bits per heavy atom. The zero-order valence-corrected chi connectivity index (χ0v) is 19.5. The number of aromatic amines is 1. The highest BCUT2D eigenvalue weighted by atomic mass is 127. The van der Waals surface area contributed by atoms with Gasteiger partial charge in [-0.25, -0.2) is 4.98 Å². The normalized spacial score (nSPS) is 19.9. The number of hydrogen-bond donors (Lipinski definition) is 2. The molecule has 3 heterocycles. The number of nitrogens with zero attached hydrogens (tertiary/aromatic N) is 4. The maximum absolute atomic E-state index is 4.93. The minimum Gasteiger partial charge on any atom is -0.358 e. The van der Waals surface area contributed by atoms with Gasteiger partial charge in [-0.1, -0.05) is 25.1 Å². The minimum atomic E-state index is 0. The first kappa shape index (κ1) is 21.7. The van der Waals surface area contributed by atoms with Crippen LogP contribution < -0.4 is 5.32 Å². The first-order valence-corrected chi connectivity index (χ1v) is 10.3. The van der Waals surface area contributed by atoms with Crippen molar-refractivity contribution in [3.8, 4) is 0 Å². The third-order valence-electron chi connectivity index (χ3n) is 5.69. The van der Waals surface area contributed by atoms with Crippen LogP contribution >= 0.6 is 24.0 Å². The van der Waals surface area contributed by atoms with E-state index in [1.807, 2.05) is 12.5 Å². The Balaban J connectivity index is 0.00000240. The number of rotatable bonds is 5. The number of benzene rings is 1. The minimum absolute atomic E-state index is 0. The van der Waals surface area contributed by atoms with Crippen LogP contribution in [0.5, 0.6) is 0 Å². The molecule has 2 atom stereocenters. The molecule has 4 rings (SSSR count). The average molecular weight is 506 g/mol. The van der Waals surface area contributed by atoms with Gasteiger partial charge >= 0.3 is 0 Å². The number of H-pyrrole nitrogens is 1. The van der Waals surface area contributed by atoms with Crippen molar-refractivity contribution >= 4 is 40.8 Å². The number of halogens is 1. The number of fused-ring (bicyclic) bond motifs is 1. The maximum atomic E-state index is 4.93. The van der Waals surface area contributed by atoms with Crippen molar-refractivity contribution in [2.75, 3.05) is 26.2 Å². The van der Waals surface area contributed by atoms with Gasteiger partial charge in [-0.15, -0.1) is 24.0 Å². The molecule has 1 saturated heterocycles. The number of piperidine rings is 1. The van der Waals surface area contributed by atoms with Crippen LogP contribution in [-0.4, -0.2) is 51.6 Å². The summed E-state index contributed by atoms with van der Waals surface area (Å²) in [6.45, 7) is 8.14. The monoisotopic (exact) mass is 506 g/mol. The summed E-state index contributed by atoms with van der Waals surface area (Å²) >= 11 is 0. The van der Waals surface area contributed by atoms with E-state index in [1.165, 1.54) is 16.6 Å². The SMILES string of the molecule is CCNC(=NCCc1cc2ccccc2[nH]1)N1CCC(C)C(n2ccnc2)C1.I. The molecule has 1 aliphatic heterocycles. The fraction of sp³-hybridized carbons (Fsp3) is 0.455. The molecule has 0 saturated carbocycles. The van der Waals surface area contributed by atoms with Gasteiger partial charge in [0.05, 0.1) is 12.4 Å². The maximum Gasteiger partial charge on any atom is 0.193 e. The second-order valence-corrected chi connectivity index (χ2v) is 7.66. The molecule has 29 heavy (non-hydrogen) atoms. The molecule has 156 valence electrons. The summed E-state index contributed by atoms with van der Waals surface area (Å²) in [4.78, 5) is 15.1. The molecular formula is C22H31IN6. The molecule has 0 spiro atoms. The molecule has 0 amide bonds. The number of guanidine groups is 1. The first-order chi connectivity index (χ1) is 13.7. The van der Waals surface area contributed by atoms with E-state index in [-0.39, 0.29) is 24.0 Å². The Morgan fingerprint density at radius 3 is 2.97 bits per heavy atom. The lowest BCUT2D eigenvalue weighted by atomic mass is 9.93. The van der Waals surface area contributed by atoms with E-state index in [1.54, 1.807) is 0 Å². The van der Waals surface area contributed by atoms with Gasteiger partial charge in [0.25, 0.3) is 0 Å². The third kappa shape index (κ3) is 5.12. The summed E-state index contributed by atoms with van der Waals surface area (Å²) < 4.78 is 2.24. The van der Waals surface area contributed by atoms with Gasteiger partial charge in [0.1, 0.15) is 0 Å². The Hall–Kier alpha value is -2.03. The zero-order valence-electron chi connectivity index (χ0n) is 17.2. The zero-order chi connectivity index (χ0) is 19.3. The lowest BCUT2D eigenvalue weighted by molar-refractivity contribution is 0.189. The molecule has 2 aromatic heterocycles. The van der Waals surface area contributed by atoms with E-state index in [0.717, 1.165) is 45.0 Å². The Labute approximate surface area is 189 Å². The highest BCUT2D eigenvalue weighted by molar-refractivity contribution is 14.0. The third-order valence-corrected chi connectivity index (χ3v) is 5.69. The molecule has 7 heteroatoms. The number of imidazole rings is 1. The van der Waals surface area contributed by atoms with Crippen LogP contribution in [-0.2, 0) is 6.42 Å². The second-order valence-electron chi connectivity index (χ2n) is 7.66. The van der Waals surface area contributed by atoms with Crippen LogP contribution in [0, 0.1) is 5.92 Å². The lowest BCUT2D eigenvalue weighted by Gasteiger charge is -2.39. The molecule has 0 aliphatic carbocycles. The Kier molecular flexibility index (Phi) is 7.57. The molecule has 2 N–H and O–H groups in total. The van der Waals surface area contributed by atoms with Gasteiger partial charge in [0.2, 0.25) is 0 Å². The van der Waals surface area contributed by atoms with E-state index in [2.05, 4.69) is 75.1 Å². The van der Waals surface area contributed by atoms with Crippen LogP contribution in [0.15, 0.2) is 54.0 Å². The molecule has 3 aromatic rings. The number of aliphatic imine (C=N–C) groups is 1. The highest BCUT2D eigenvalue weighted by Gasteiger charge is 2.28. The van der Waals surface area contributed by atoms with Crippen LogP contribution in [0.3, 0.4) is 0 Å². The van der Waals surface area contributed by atoms with Crippen molar-refractivity contribution in [2.45, 2.75) is 32.7 Å². The van der Waals surface area contributed by atoms with Crippen molar-refractivity contribution < 1.29 is 0 Å². The fourth-order valence-electron chi connectivity index (χ4n) is 4.07. The van der Waals surface area contributed by atoms with Gasteiger partial charge in [-0.3, -0.25) is 4.99 Å². The van der Waals surface area contributed by atoms with Crippen molar-refractivity contribution in [3.05, 3.63) is 54.7 Å². The van der Waals surface area contributed by atoms with Crippen molar-refractivity contribution in [1.82, 2.24) is 24.8 Å². The highest BCUT2D eigenvalue weighted by Crippen LogP contribution is 2.27. The van der Waals surface area contributed by atoms with Gasteiger partial charge in [0.15, 0.2) is 5.96 Å². The van der Waals surface area contributed by atoms with Crippen molar-refractivity contribution in [1.29, 1.82) is 0 Å². The van der Waals surface area contributed by atoms with Gasteiger partial charge in [-0.2, -0.15) is 0 Å². The summed E-state index contributed by atoms with van der Waals surface area (Å²) in [7, 11) is 0. The number of nitrogens with one attached hydrogen (secondary N) is 2. The quantitative estimate of drug-likeness (QED) is 0.312. The van der Waals surface area contributed by atoms with E-state index in [4.69, 9.17) is 4.99 Å². The molecule has 1 aliphatic rings. The van der Waals surface area contributed by atoms with E-state index in [9.17, 15) is 0 Å². The van der Waals surface area contributed by atoms with Gasteiger partial charge < -0.3 is 19.8 Å². The smallest absolute Gasteiger partial charge is 0.193 e. The fourth-order valence-corrected chi connectivity index (χ4v) is 4.07. The van der Waals surface area contributed by atoms with Crippen molar-refractivity contribution in [3.63, 3.8) is 0 Å². The molecule has 0 radical (unpaired) electrons. The molecule has 6 nitrogen and oxygen atoms in total.